The number of rotatable bonds is 5. The van der Waals surface area contributed by atoms with E-state index < -0.39 is 21.7 Å². The molecule has 0 spiro atoms. The summed E-state index contributed by atoms with van der Waals surface area (Å²) in [7, 11) is -3.27. The number of carbonyl (C=O) groups is 1. The minimum absolute atomic E-state index is 0.0281. The smallest absolute Gasteiger partial charge is 0.226 e. The van der Waals surface area contributed by atoms with Crippen molar-refractivity contribution >= 4 is 27.3 Å². The van der Waals surface area contributed by atoms with Gasteiger partial charge in [0.05, 0.1) is 11.8 Å². The van der Waals surface area contributed by atoms with Crippen molar-refractivity contribution in [3.05, 3.63) is 46.2 Å². The number of carbonyl (C=O) groups excluding carboxylic acids is 1. The third-order valence-corrected chi connectivity index (χ3v) is 7.60. The molecule has 2 aromatic rings. The van der Waals surface area contributed by atoms with Gasteiger partial charge in [-0.05, 0) is 49.3 Å². The molecule has 1 aromatic carbocycles. The molecule has 1 aromatic heterocycles. The molecule has 0 radical (unpaired) electrons. The molecule has 0 bridgehead atoms. The highest BCUT2D eigenvalue weighted by Crippen LogP contribution is 2.53. The lowest BCUT2D eigenvalue weighted by atomic mass is 10.0. The Labute approximate surface area is 179 Å². The van der Waals surface area contributed by atoms with Crippen molar-refractivity contribution in [1.29, 1.82) is 0 Å². The van der Waals surface area contributed by atoms with Crippen molar-refractivity contribution in [1.82, 2.24) is 9.62 Å². The number of thiophene rings is 1. The van der Waals surface area contributed by atoms with E-state index in [0.29, 0.717) is 37.9 Å². The zero-order valence-electron chi connectivity index (χ0n) is 16.6. The summed E-state index contributed by atoms with van der Waals surface area (Å²) in [5.74, 6) is -1.37. The van der Waals surface area contributed by atoms with Gasteiger partial charge in [0.15, 0.2) is 0 Å². The van der Waals surface area contributed by atoms with E-state index in [-0.39, 0.29) is 29.3 Å². The van der Waals surface area contributed by atoms with Gasteiger partial charge in [-0.25, -0.2) is 21.9 Å². The number of hydrogen-bond acceptors (Lipinski definition) is 4. The second-order valence-corrected chi connectivity index (χ2v) is 10.8. The largest absolute Gasteiger partial charge is 0.342 e. The summed E-state index contributed by atoms with van der Waals surface area (Å²) in [6, 6.07) is 5.39. The minimum atomic E-state index is -3.27. The molecule has 162 valence electrons. The lowest BCUT2D eigenvalue weighted by molar-refractivity contribution is -0.132. The fourth-order valence-corrected chi connectivity index (χ4v) is 6.22. The van der Waals surface area contributed by atoms with E-state index in [2.05, 4.69) is 4.72 Å². The fraction of sp³-hybridized carbons (Fsp3) is 0.476. The first-order valence-electron chi connectivity index (χ1n) is 10.0. The predicted molar refractivity (Wildman–Crippen MR) is 113 cm³/mol. The Morgan fingerprint density at radius 2 is 1.90 bits per heavy atom. The van der Waals surface area contributed by atoms with Gasteiger partial charge in [-0.3, -0.25) is 4.79 Å². The molecule has 9 heteroatoms. The Balaban J connectivity index is 1.45. The van der Waals surface area contributed by atoms with Crippen LogP contribution in [0.25, 0.3) is 11.1 Å². The molecule has 3 unspecified atom stereocenters. The van der Waals surface area contributed by atoms with Crippen LogP contribution in [0.2, 0.25) is 0 Å². The second-order valence-electron chi connectivity index (χ2n) is 8.09. The molecule has 1 aliphatic heterocycles. The molecule has 4 rings (SSSR count). The van der Waals surface area contributed by atoms with Crippen LogP contribution in [-0.2, 0) is 14.8 Å². The summed E-state index contributed by atoms with van der Waals surface area (Å²) >= 11 is 1.43. The second kappa shape index (κ2) is 8.36. The third kappa shape index (κ3) is 4.58. The van der Waals surface area contributed by atoms with Crippen LogP contribution in [0.5, 0.6) is 0 Å². The first-order valence-corrected chi connectivity index (χ1v) is 12.8. The maximum absolute atomic E-state index is 14.3. The molecule has 3 atom stereocenters. The van der Waals surface area contributed by atoms with Crippen molar-refractivity contribution in [2.45, 2.75) is 37.6 Å². The maximum Gasteiger partial charge on any atom is 0.226 e. The molecule has 1 saturated heterocycles. The van der Waals surface area contributed by atoms with Crippen LogP contribution in [-0.4, -0.2) is 44.6 Å². The number of halogens is 2. The summed E-state index contributed by atoms with van der Waals surface area (Å²) in [6.07, 6.45) is 3.84. The molecule has 1 amide bonds. The molecule has 1 saturated carbocycles. The van der Waals surface area contributed by atoms with Gasteiger partial charge >= 0.3 is 0 Å². The summed E-state index contributed by atoms with van der Waals surface area (Å²) in [5, 5.41) is 1.81. The summed E-state index contributed by atoms with van der Waals surface area (Å²) in [5.41, 5.74) is 0.500. The molecular formula is C21H24F2N2O3S2. The molecule has 2 fully saturated rings. The van der Waals surface area contributed by atoms with Crippen molar-refractivity contribution in [3.63, 3.8) is 0 Å². The van der Waals surface area contributed by atoms with Crippen LogP contribution < -0.4 is 4.72 Å². The summed E-state index contributed by atoms with van der Waals surface area (Å²) in [4.78, 5) is 15.7. The first kappa shape index (κ1) is 21.4. The van der Waals surface area contributed by atoms with Crippen LogP contribution >= 0.6 is 11.3 Å². The average Bonchev–Trinajstić information content (AvgIpc) is 3.37. The molecule has 1 aliphatic carbocycles. The Morgan fingerprint density at radius 1 is 1.17 bits per heavy atom. The topological polar surface area (TPSA) is 66.5 Å². The van der Waals surface area contributed by atoms with E-state index in [1.54, 1.807) is 6.07 Å². The maximum atomic E-state index is 14.3. The normalized spacial score (nSPS) is 24.5. The van der Waals surface area contributed by atoms with Gasteiger partial charge in [-0.15, -0.1) is 11.3 Å². The zero-order chi connectivity index (χ0) is 21.5. The number of amides is 1. The highest BCUT2D eigenvalue weighted by Gasteiger charge is 2.47. The van der Waals surface area contributed by atoms with E-state index in [4.69, 9.17) is 0 Å². The van der Waals surface area contributed by atoms with Gasteiger partial charge in [-0.2, -0.15) is 0 Å². The Kier molecular flexibility index (Phi) is 5.96. The van der Waals surface area contributed by atoms with Crippen LogP contribution in [0.3, 0.4) is 0 Å². The summed E-state index contributed by atoms with van der Waals surface area (Å²) < 4.78 is 54.1. The standard InChI is InChI=1S/C21H24F2N2O3S2/c1-30(27,28)24-13-4-3-9-25(10-7-13)21(26)16-12-15(16)20-14(8-11-29-20)19-17(22)5-2-6-18(19)23/h2,5-6,8,11,13,15-16,24H,3-4,7,9-10,12H2,1H3. The average molecular weight is 455 g/mol. The number of hydrogen-bond donors (Lipinski definition) is 1. The number of nitrogens with zero attached hydrogens (tertiary/aromatic N) is 1. The molecule has 2 aliphatic rings. The van der Waals surface area contributed by atoms with E-state index in [1.807, 2.05) is 10.3 Å². The van der Waals surface area contributed by atoms with Gasteiger partial charge < -0.3 is 4.90 Å². The van der Waals surface area contributed by atoms with Crippen LogP contribution in [0.4, 0.5) is 8.78 Å². The highest BCUT2D eigenvalue weighted by molar-refractivity contribution is 7.88. The number of nitrogens with one attached hydrogen (secondary N) is 1. The van der Waals surface area contributed by atoms with Gasteiger partial charge in [-0.1, -0.05) is 6.07 Å². The summed E-state index contributed by atoms with van der Waals surface area (Å²) in [6.45, 7) is 1.11. The van der Waals surface area contributed by atoms with Gasteiger partial charge in [0.1, 0.15) is 11.6 Å². The van der Waals surface area contributed by atoms with Gasteiger partial charge in [0.2, 0.25) is 15.9 Å². The fourth-order valence-electron chi connectivity index (χ4n) is 4.30. The van der Waals surface area contributed by atoms with Crippen molar-refractivity contribution in [2.24, 2.45) is 5.92 Å². The van der Waals surface area contributed by atoms with E-state index >= 15 is 0 Å². The van der Waals surface area contributed by atoms with Gasteiger partial charge in [0.25, 0.3) is 0 Å². The van der Waals surface area contributed by atoms with E-state index in [9.17, 15) is 22.0 Å². The minimum Gasteiger partial charge on any atom is -0.342 e. The molecular weight excluding hydrogens is 430 g/mol. The van der Waals surface area contributed by atoms with Crippen LogP contribution in [0.1, 0.15) is 36.5 Å². The van der Waals surface area contributed by atoms with Crippen LogP contribution in [0, 0.1) is 17.6 Å². The first-order chi connectivity index (χ1) is 14.2. The molecule has 5 nitrogen and oxygen atoms in total. The molecule has 30 heavy (non-hydrogen) atoms. The molecule has 1 N–H and O–H groups in total. The number of sulfonamides is 1. The van der Waals surface area contributed by atoms with Crippen molar-refractivity contribution in [2.75, 3.05) is 19.3 Å². The lowest BCUT2D eigenvalue weighted by Gasteiger charge is -2.21. The lowest BCUT2D eigenvalue weighted by Crippen LogP contribution is -2.36. The van der Waals surface area contributed by atoms with Crippen LogP contribution in [0.15, 0.2) is 29.6 Å². The predicted octanol–water partition coefficient (Wildman–Crippen LogP) is 3.73. The van der Waals surface area contributed by atoms with Gasteiger partial charge in [0, 0.05) is 41.4 Å². The van der Waals surface area contributed by atoms with E-state index in [0.717, 1.165) is 17.6 Å². The quantitative estimate of drug-likeness (QED) is 0.749. The monoisotopic (exact) mass is 454 g/mol. The number of benzene rings is 1. The molecule has 2 heterocycles. The Morgan fingerprint density at radius 3 is 2.60 bits per heavy atom. The third-order valence-electron chi connectivity index (χ3n) is 5.79. The number of likely N-dealkylation sites (tertiary alicyclic amines) is 1. The zero-order valence-corrected chi connectivity index (χ0v) is 18.2. The Hall–Kier alpha value is -1.84. The Bertz CT molecular complexity index is 1030. The van der Waals surface area contributed by atoms with Crippen molar-refractivity contribution in [3.8, 4) is 11.1 Å². The SMILES string of the molecule is CS(=O)(=O)NC1CCCN(C(=O)C2CC2c2sccc2-c2c(F)cccc2F)CC1. The highest BCUT2D eigenvalue weighted by atomic mass is 32.2. The van der Waals surface area contributed by atoms with E-state index in [1.165, 1.54) is 29.5 Å². The van der Waals surface area contributed by atoms with Crippen molar-refractivity contribution < 1.29 is 22.0 Å².